The molecule has 3 rings (SSSR count). The molecule has 1 aromatic rings. The summed E-state index contributed by atoms with van der Waals surface area (Å²) in [5.41, 5.74) is 5.77. The largest absolute Gasteiger partial charge is 0.388 e. The Hall–Kier alpha value is -0.820. The molecule has 1 nitrogen and oxygen atoms in total. The van der Waals surface area contributed by atoms with E-state index in [0.717, 1.165) is 6.42 Å². The van der Waals surface area contributed by atoms with Crippen LogP contribution in [0.1, 0.15) is 61.5 Å². The van der Waals surface area contributed by atoms with Gasteiger partial charge in [-0.15, -0.1) is 0 Å². The third-order valence-corrected chi connectivity index (χ3v) is 4.31. The molecule has 0 heterocycles. The Kier molecular flexibility index (Phi) is 2.16. The molecule has 0 amide bonds. The van der Waals surface area contributed by atoms with Gasteiger partial charge in [0.05, 0.1) is 6.10 Å². The Morgan fingerprint density at radius 3 is 2.44 bits per heavy atom. The van der Waals surface area contributed by atoms with Crippen molar-refractivity contribution in [3.63, 3.8) is 0 Å². The van der Waals surface area contributed by atoms with E-state index < -0.39 is 0 Å². The van der Waals surface area contributed by atoms with Crippen LogP contribution in [-0.4, -0.2) is 5.11 Å². The zero-order chi connectivity index (χ0) is 11.3. The second kappa shape index (κ2) is 3.33. The van der Waals surface area contributed by atoms with Gasteiger partial charge in [-0.05, 0) is 59.8 Å². The number of aliphatic hydroxyl groups is 1. The van der Waals surface area contributed by atoms with Gasteiger partial charge in [-0.25, -0.2) is 0 Å². The zero-order valence-corrected chi connectivity index (χ0v) is 10.2. The fraction of sp³-hybridized carbons (Fsp3) is 0.600. The minimum atomic E-state index is -0.239. The summed E-state index contributed by atoms with van der Waals surface area (Å²) in [6, 6.07) is 4.66. The van der Waals surface area contributed by atoms with Crippen molar-refractivity contribution >= 4 is 0 Å². The number of benzene rings is 1. The second-order valence-corrected chi connectivity index (χ2v) is 6.02. The summed E-state index contributed by atoms with van der Waals surface area (Å²) in [5, 5.41) is 10.1. The van der Waals surface area contributed by atoms with Crippen molar-refractivity contribution in [3.8, 4) is 0 Å². The highest BCUT2D eigenvalue weighted by Gasteiger charge is 2.36. The van der Waals surface area contributed by atoms with Gasteiger partial charge in [-0.1, -0.05) is 26.0 Å². The molecule has 1 heteroatoms. The zero-order valence-electron chi connectivity index (χ0n) is 10.2. The van der Waals surface area contributed by atoms with Crippen LogP contribution in [0.4, 0.5) is 0 Å². The van der Waals surface area contributed by atoms with E-state index in [-0.39, 0.29) is 11.5 Å². The first kappa shape index (κ1) is 10.3. The van der Waals surface area contributed by atoms with E-state index in [1.807, 2.05) is 0 Å². The molecule has 1 atom stereocenters. The fourth-order valence-corrected chi connectivity index (χ4v) is 3.37. The first-order valence-corrected chi connectivity index (χ1v) is 6.42. The molecular formula is C15H20O. The first-order chi connectivity index (χ1) is 7.58. The third kappa shape index (κ3) is 1.41. The van der Waals surface area contributed by atoms with E-state index in [4.69, 9.17) is 0 Å². The highest BCUT2D eigenvalue weighted by atomic mass is 16.3. The van der Waals surface area contributed by atoms with Gasteiger partial charge >= 0.3 is 0 Å². The van der Waals surface area contributed by atoms with Crippen LogP contribution in [0, 0.1) is 0 Å². The van der Waals surface area contributed by atoms with Gasteiger partial charge in [0.25, 0.3) is 0 Å². The molecule has 86 valence electrons. The van der Waals surface area contributed by atoms with Gasteiger partial charge in [-0.3, -0.25) is 0 Å². The Bertz CT molecular complexity index is 431. The van der Waals surface area contributed by atoms with E-state index in [1.165, 1.54) is 47.9 Å². The Balaban J connectivity index is 2.16. The van der Waals surface area contributed by atoms with Crippen molar-refractivity contribution in [1.82, 2.24) is 0 Å². The number of hydrogen-bond acceptors (Lipinski definition) is 1. The molecule has 1 aromatic carbocycles. The van der Waals surface area contributed by atoms with Crippen LogP contribution < -0.4 is 0 Å². The fourth-order valence-electron chi connectivity index (χ4n) is 3.37. The van der Waals surface area contributed by atoms with Crippen molar-refractivity contribution in [3.05, 3.63) is 34.4 Å². The molecule has 16 heavy (non-hydrogen) atoms. The normalized spacial score (nSPS) is 26.3. The van der Waals surface area contributed by atoms with Crippen molar-refractivity contribution in [1.29, 1.82) is 0 Å². The maximum absolute atomic E-state index is 10.1. The summed E-state index contributed by atoms with van der Waals surface area (Å²) in [6.45, 7) is 4.49. The predicted molar refractivity (Wildman–Crippen MR) is 65.7 cm³/mol. The third-order valence-electron chi connectivity index (χ3n) is 4.31. The van der Waals surface area contributed by atoms with E-state index in [1.54, 1.807) is 0 Å². The Morgan fingerprint density at radius 1 is 1.12 bits per heavy atom. The maximum atomic E-state index is 10.1. The van der Waals surface area contributed by atoms with Crippen LogP contribution in [0.2, 0.25) is 0 Å². The Morgan fingerprint density at radius 2 is 1.75 bits per heavy atom. The minimum absolute atomic E-state index is 0.154. The number of fused-ring (bicyclic) bond motifs is 2. The summed E-state index contributed by atoms with van der Waals surface area (Å²) >= 11 is 0. The molecule has 0 bridgehead atoms. The van der Waals surface area contributed by atoms with Crippen LogP contribution in [0.3, 0.4) is 0 Å². The number of aryl methyl sites for hydroxylation is 2. The topological polar surface area (TPSA) is 20.2 Å². The van der Waals surface area contributed by atoms with Crippen LogP contribution in [-0.2, 0) is 18.3 Å². The summed E-state index contributed by atoms with van der Waals surface area (Å²) in [6.07, 6.45) is 5.72. The summed E-state index contributed by atoms with van der Waals surface area (Å²) in [5.74, 6) is 0. The van der Waals surface area contributed by atoms with E-state index in [0.29, 0.717) is 0 Å². The van der Waals surface area contributed by atoms with Gasteiger partial charge < -0.3 is 5.11 Å². The molecule has 2 aliphatic rings. The lowest BCUT2D eigenvalue weighted by atomic mass is 9.82. The Labute approximate surface area is 97.5 Å². The molecule has 0 fully saturated rings. The molecule has 0 radical (unpaired) electrons. The quantitative estimate of drug-likeness (QED) is 0.705. The second-order valence-electron chi connectivity index (χ2n) is 6.02. The van der Waals surface area contributed by atoms with E-state index in [2.05, 4.69) is 26.0 Å². The van der Waals surface area contributed by atoms with Crippen molar-refractivity contribution in [2.45, 2.75) is 57.5 Å². The predicted octanol–water partition coefficient (Wildman–Crippen LogP) is 3.28. The molecule has 0 aliphatic heterocycles. The van der Waals surface area contributed by atoms with Crippen LogP contribution >= 0.6 is 0 Å². The highest BCUT2D eigenvalue weighted by Crippen LogP contribution is 2.46. The number of rotatable bonds is 0. The highest BCUT2D eigenvalue weighted by molar-refractivity contribution is 5.47. The van der Waals surface area contributed by atoms with Crippen LogP contribution in [0.5, 0.6) is 0 Å². The molecule has 0 spiro atoms. The van der Waals surface area contributed by atoms with E-state index >= 15 is 0 Å². The lowest BCUT2D eigenvalue weighted by Gasteiger charge is -2.22. The van der Waals surface area contributed by atoms with Crippen molar-refractivity contribution in [2.75, 3.05) is 0 Å². The monoisotopic (exact) mass is 216 g/mol. The number of aliphatic hydroxyl groups excluding tert-OH is 1. The lowest BCUT2D eigenvalue weighted by Crippen LogP contribution is -2.13. The van der Waals surface area contributed by atoms with Gasteiger partial charge in [0, 0.05) is 0 Å². The van der Waals surface area contributed by atoms with Crippen molar-refractivity contribution < 1.29 is 5.11 Å². The van der Waals surface area contributed by atoms with E-state index in [9.17, 15) is 5.11 Å². The summed E-state index contributed by atoms with van der Waals surface area (Å²) in [4.78, 5) is 0. The minimum Gasteiger partial charge on any atom is -0.388 e. The van der Waals surface area contributed by atoms with Gasteiger partial charge in [0.1, 0.15) is 0 Å². The average Bonchev–Trinajstić information content (AvgIpc) is 2.47. The first-order valence-electron chi connectivity index (χ1n) is 6.42. The number of hydrogen-bond donors (Lipinski definition) is 1. The van der Waals surface area contributed by atoms with Gasteiger partial charge in [0.2, 0.25) is 0 Å². The van der Waals surface area contributed by atoms with Gasteiger partial charge in [-0.2, -0.15) is 0 Å². The lowest BCUT2D eigenvalue weighted by molar-refractivity contribution is 0.161. The van der Waals surface area contributed by atoms with Crippen LogP contribution in [0.15, 0.2) is 12.1 Å². The van der Waals surface area contributed by atoms with Crippen molar-refractivity contribution in [2.24, 2.45) is 0 Å². The summed E-state index contributed by atoms with van der Waals surface area (Å²) < 4.78 is 0. The molecule has 0 aromatic heterocycles. The summed E-state index contributed by atoms with van der Waals surface area (Å²) in [7, 11) is 0. The average molecular weight is 216 g/mol. The smallest absolute Gasteiger partial charge is 0.0801 e. The molecule has 2 aliphatic carbocycles. The van der Waals surface area contributed by atoms with Crippen LogP contribution in [0.25, 0.3) is 0 Å². The molecule has 1 unspecified atom stereocenters. The molecule has 1 N–H and O–H groups in total. The maximum Gasteiger partial charge on any atom is 0.0801 e. The molecule has 0 saturated heterocycles. The molecular weight excluding hydrogens is 196 g/mol. The SMILES string of the molecule is CC1(C)CC(O)c2cc3c(cc21)CCCC3. The standard InChI is InChI=1S/C15H20O/c1-15(2)9-14(16)12-7-10-5-3-4-6-11(10)8-13(12)15/h7-8,14,16H,3-6,9H2,1-2H3. The van der Waals surface area contributed by atoms with Gasteiger partial charge in [0.15, 0.2) is 0 Å². The molecule has 0 saturated carbocycles.